The van der Waals surface area contributed by atoms with Gasteiger partial charge >= 0.3 is 0 Å². The summed E-state index contributed by atoms with van der Waals surface area (Å²) in [6, 6.07) is 43.7. The van der Waals surface area contributed by atoms with E-state index in [1.807, 2.05) is 24.3 Å². The summed E-state index contributed by atoms with van der Waals surface area (Å²) in [4.78, 5) is 9.16. The molecule has 4 nitrogen and oxygen atoms in total. The Labute approximate surface area is 242 Å². The van der Waals surface area contributed by atoms with Crippen LogP contribution in [0, 0.1) is 6.85 Å². The Morgan fingerprint density at radius 1 is 0.634 bits per heavy atom. The fraction of sp³-hybridized carbons (Fsp3) is 0.0278. The molecular weight excluding hydrogens is 501 g/mol. The summed E-state index contributed by atoms with van der Waals surface area (Å²) in [5.41, 5.74) is 11.2. The molecule has 5 heteroatoms. The molecule has 0 atom stereocenters. The monoisotopic (exact) mass is 528 g/mol. The molecule has 0 aliphatic carbocycles. The fourth-order valence-electron chi connectivity index (χ4n) is 6.81. The molecule has 0 saturated heterocycles. The highest BCUT2D eigenvalue weighted by Gasteiger charge is 2.43. The Morgan fingerprint density at radius 3 is 2.10 bits per heavy atom. The molecule has 2 aliphatic heterocycles. The summed E-state index contributed by atoms with van der Waals surface area (Å²) in [6.45, 7) is -2.36. The van der Waals surface area contributed by atoms with Crippen LogP contribution in [0.3, 0.4) is 0 Å². The van der Waals surface area contributed by atoms with Crippen molar-refractivity contribution in [2.24, 2.45) is 0 Å². The normalized spacial score (nSPS) is 14.7. The van der Waals surface area contributed by atoms with Gasteiger partial charge in [0, 0.05) is 38.2 Å². The molecule has 2 aromatic heterocycles. The zero-order valence-corrected chi connectivity index (χ0v) is 22.0. The second kappa shape index (κ2) is 8.36. The first-order valence-electron chi connectivity index (χ1n) is 15.3. The zero-order chi connectivity index (χ0) is 29.6. The van der Waals surface area contributed by atoms with Crippen LogP contribution in [-0.4, -0.2) is 11.7 Å². The van der Waals surface area contributed by atoms with E-state index in [9.17, 15) is 0 Å². The number of aryl methyl sites for hydroxylation is 1. The first kappa shape index (κ1) is 19.7. The molecule has 7 aromatic rings. The number of pyridine rings is 1. The molecule has 192 valence electrons. The third-order valence-electron chi connectivity index (χ3n) is 8.39. The molecule has 0 N–H and O–H groups in total. The molecule has 41 heavy (non-hydrogen) atoms. The van der Waals surface area contributed by atoms with Crippen LogP contribution in [0.2, 0.25) is 0 Å². The van der Waals surface area contributed by atoms with E-state index in [1.54, 1.807) is 6.07 Å². The number of aromatic nitrogens is 1. The number of hydrogen-bond donors (Lipinski definition) is 0. The van der Waals surface area contributed by atoms with Gasteiger partial charge in [0.25, 0.3) is 6.71 Å². The van der Waals surface area contributed by atoms with Gasteiger partial charge in [-0.15, -0.1) is 0 Å². The number of para-hydroxylation sites is 3. The lowest BCUT2D eigenvalue weighted by Gasteiger charge is -2.44. The largest absolute Gasteiger partial charge is 0.438 e. The van der Waals surface area contributed by atoms with E-state index >= 15 is 0 Å². The van der Waals surface area contributed by atoms with Gasteiger partial charge in [0.15, 0.2) is 0 Å². The van der Waals surface area contributed by atoms with Crippen LogP contribution in [0.15, 0.2) is 132 Å². The van der Waals surface area contributed by atoms with Crippen molar-refractivity contribution in [3.05, 3.63) is 133 Å². The summed E-state index contributed by atoms with van der Waals surface area (Å²) in [7, 11) is 0. The number of hydrogen-bond acceptors (Lipinski definition) is 4. The summed E-state index contributed by atoms with van der Waals surface area (Å²) < 4.78 is 30.0. The van der Waals surface area contributed by atoms with Crippen LogP contribution < -0.4 is 26.2 Å². The fourth-order valence-corrected chi connectivity index (χ4v) is 6.81. The zero-order valence-electron chi connectivity index (χ0n) is 25.0. The van der Waals surface area contributed by atoms with Crippen LogP contribution in [0.1, 0.15) is 9.81 Å². The van der Waals surface area contributed by atoms with Gasteiger partial charge in [0.1, 0.15) is 5.58 Å². The standard InChI is InChI=1S/C36H24BN3O/c1-23-19-20-26-33-32(41-36(26)38-23)22-21-28-35(33)40(25-13-6-3-7-14-25)31-18-10-17-30-34(31)37(28)27-15-8-9-16-29(27)39(30)24-11-4-2-5-12-24/h2-22H,1H3/i1D3. The maximum Gasteiger partial charge on any atom is 0.252 e. The average molecular weight is 528 g/mol. The minimum atomic E-state index is -2.32. The van der Waals surface area contributed by atoms with Crippen molar-refractivity contribution in [2.45, 2.75) is 6.85 Å². The lowest BCUT2D eigenvalue weighted by Crippen LogP contribution is -2.61. The molecule has 4 heterocycles. The van der Waals surface area contributed by atoms with E-state index in [0.29, 0.717) is 11.3 Å². The van der Waals surface area contributed by atoms with Crippen molar-refractivity contribution in [1.82, 2.24) is 4.98 Å². The van der Waals surface area contributed by atoms with Crippen LogP contribution in [0.25, 0.3) is 22.1 Å². The minimum absolute atomic E-state index is 0.0232. The van der Waals surface area contributed by atoms with Gasteiger partial charge in [-0.1, -0.05) is 66.7 Å². The summed E-state index contributed by atoms with van der Waals surface area (Å²) in [6.07, 6.45) is 0. The van der Waals surface area contributed by atoms with Gasteiger partial charge in [-0.05, 0) is 83.9 Å². The Balaban J connectivity index is 1.41. The summed E-state index contributed by atoms with van der Waals surface area (Å²) in [5.74, 6) is 0. The van der Waals surface area contributed by atoms with Crippen molar-refractivity contribution < 1.29 is 8.53 Å². The summed E-state index contributed by atoms with van der Waals surface area (Å²) >= 11 is 0. The van der Waals surface area contributed by atoms with E-state index in [0.717, 1.165) is 50.4 Å². The number of anilines is 6. The quantitative estimate of drug-likeness (QED) is 0.219. The first-order valence-corrected chi connectivity index (χ1v) is 13.8. The van der Waals surface area contributed by atoms with Gasteiger partial charge in [-0.25, -0.2) is 4.98 Å². The highest BCUT2D eigenvalue weighted by atomic mass is 16.3. The van der Waals surface area contributed by atoms with Gasteiger partial charge < -0.3 is 14.2 Å². The topological polar surface area (TPSA) is 32.5 Å². The predicted molar refractivity (Wildman–Crippen MR) is 170 cm³/mol. The maximum atomic E-state index is 7.90. The summed E-state index contributed by atoms with van der Waals surface area (Å²) in [5, 5.41) is 1.71. The molecule has 0 spiro atoms. The Bertz CT molecular complexity index is 2250. The molecule has 0 radical (unpaired) electrons. The van der Waals surface area contributed by atoms with Crippen molar-refractivity contribution in [3.63, 3.8) is 0 Å². The number of furan rings is 1. The van der Waals surface area contributed by atoms with E-state index in [2.05, 4.69) is 112 Å². The lowest BCUT2D eigenvalue weighted by atomic mass is 9.33. The second-order valence-corrected chi connectivity index (χ2v) is 10.6. The molecule has 5 aromatic carbocycles. The van der Waals surface area contributed by atoms with Crippen LogP contribution >= 0.6 is 0 Å². The molecule has 2 aliphatic rings. The van der Waals surface area contributed by atoms with E-state index in [1.165, 1.54) is 10.9 Å². The highest BCUT2D eigenvalue weighted by Crippen LogP contribution is 2.47. The molecule has 0 unspecified atom stereocenters. The van der Waals surface area contributed by atoms with Crippen LogP contribution in [0.4, 0.5) is 34.1 Å². The third-order valence-corrected chi connectivity index (χ3v) is 8.39. The highest BCUT2D eigenvalue weighted by molar-refractivity contribution is 7.00. The smallest absolute Gasteiger partial charge is 0.252 e. The lowest BCUT2D eigenvalue weighted by molar-refractivity contribution is 0.653. The molecular formula is C36H24BN3O. The van der Waals surface area contributed by atoms with Gasteiger partial charge in [0.2, 0.25) is 5.71 Å². The van der Waals surface area contributed by atoms with Crippen molar-refractivity contribution >= 4 is 79.3 Å². The predicted octanol–water partition coefficient (Wildman–Crippen LogP) is 7.37. The maximum absolute atomic E-state index is 7.90. The van der Waals surface area contributed by atoms with Crippen LogP contribution in [-0.2, 0) is 0 Å². The first-order chi connectivity index (χ1) is 21.5. The molecule has 0 saturated carbocycles. The Kier molecular flexibility index (Phi) is 4.02. The van der Waals surface area contributed by atoms with E-state index in [-0.39, 0.29) is 12.4 Å². The van der Waals surface area contributed by atoms with Gasteiger partial charge in [0.05, 0.1) is 16.5 Å². The van der Waals surface area contributed by atoms with Crippen molar-refractivity contribution in [2.75, 3.05) is 9.80 Å². The number of fused-ring (bicyclic) bond motifs is 8. The number of rotatable bonds is 2. The molecule has 9 rings (SSSR count). The van der Waals surface area contributed by atoms with E-state index < -0.39 is 6.85 Å². The third kappa shape index (κ3) is 3.09. The van der Waals surface area contributed by atoms with Crippen molar-refractivity contribution in [3.8, 4) is 0 Å². The Morgan fingerprint density at radius 2 is 1.32 bits per heavy atom. The second-order valence-electron chi connectivity index (χ2n) is 10.6. The van der Waals surface area contributed by atoms with Gasteiger partial charge in [-0.3, -0.25) is 0 Å². The number of benzene rings is 5. The van der Waals surface area contributed by atoms with E-state index in [4.69, 9.17) is 8.53 Å². The molecule has 0 bridgehead atoms. The van der Waals surface area contributed by atoms with Crippen LogP contribution in [0.5, 0.6) is 0 Å². The SMILES string of the molecule is [2H]C([2H])([2H])c1ccc2c(n1)oc1ccc3c(c12)N(c1ccccc1)c1cccc2c1B3c1ccccc1N2c1ccccc1. The minimum Gasteiger partial charge on any atom is -0.438 e. The van der Waals surface area contributed by atoms with Gasteiger partial charge in [-0.2, -0.15) is 0 Å². The van der Waals surface area contributed by atoms with Crippen molar-refractivity contribution in [1.29, 1.82) is 0 Å². The number of nitrogens with zero attached hydrogens (tertiary/aromatic N) is 3. The average Bonchev–Trinajstić information content (AvgIpc) is 3.43. The Hall–Kier alpha value is -5.29. The molecule has 0 amide bonds. The molecule has 0 fully saturated rings.